The lowest BCUT2D eigenvalue weighted by atomic mass is 10.0. The third-order valence-electron chi connectivity index (χ3n) is 9.83. The maximum atomic E-state index is 13.3. The first-order chi connectivity index (χ1) is 21.8. The lowest BCUT2D eigenvalue weighted by Gasteiger charge is -2.15. The van der Waals surface area contributed by atoms with E-state index >= 15 is 0 Å². The zero-order chi connectivity index (χ0) is 34.8. The summed E-state index contributed by atoms with van der Waals surface area (Å²) < 4.78 is 61.4. The Morgan fingerprint density at radius 2 is 1.17 bits per heavy atom. The van der Waals surface area contributed by atoms with Crippen LogP contribution in [0.4, 0.5) is 0 Å². The minimum absolute atomic E-state index is 0. The van der Waals surface area contributed by atoms with Gasteiger partial charge in [-0.05, 0) is 80.9 Å². The lowest BCUT2D eigenvalue weighted by Crippen LogP contribution is -2.23. The SMILES string of the molecule is CC1(C)C(C(=O)c2cn(CCN3CCCC3)c3ccccc23)C1(C)C.Cc1ccc(S(=O)(=O)O)cc1.Cc1ccc(S(=O)(=O)O)cc1.O. The number of benzene rings is 3. The highest BCUT2D eigenvalue weighted by atomic mass is 32.2. The van der Waals surface area contributed by atoms with Crippen molar-refractivity contribution >= 4 is 36.9 Å². The summed E-state index contributed by atoms with van der Waals surface area (Å²) in [7, 11) is -8.04. The third kappa shape index (κ3) is 8.99. The van der Waals surface area contributed by atoms with E-state index in [4.69, 9.17) is 9.11 Å². The van der Waals surface area contributed by atoms with Crippen molar-refractivity contribution in [1.82, 2.24) is 9.47 Å². The molecule has 2 fully saturated rings. The molecule has 1 saturated heterocycles. The largest absolute Gasteiger partial charge is 0.412 e. The monoisotopic (exact) mass is 700 g/mol. The Morgan fingerprint density at radius 3 is 1.58 bits per heavy atom. The van der Waals surface area contributed by atoms with E-state index in [1.54, 1.807) is 24.3 Å². The minimum Gasteiger partial charge on any atom is -0.412 e. The van der Waals surface area contributed by atoms with Crippen LogP contribution in [0.3, 0.4) is 0 Å². The predicted molar refractivity (Wildman–Crippen MR) is 189 cm³/mol. The fourth-order valence-corrected chi connectivity index (χ4v) is 7.27. The number of rotatable bonds is 7. The van der Waals surface area contributed by atoms with E-state index in [1.165, 1.54) is 55.7 Å². The van der Waals surface area contributed by atoms with Gasteiger partial charge in [-0.2, -0.15) is 16.8 Å². The number of aromatic nitrogens is 1. The van der Waals surface area contributed by atoms with Gasteiger partial charge in [-0.1, -0.05) is 81.3 Å². The molecule has 10 nitrogen and oxygen atoms in total. The molecule has 0 amide bonds. The molecule has 3 aromatic carbocycles. The number of para-hydroxylation sites is 1. The Balaban J connectivity index is 0.000000226. The van der Waals surface area contributed by atoms with Gasteiger partial charge in [0.15, 0.2) is 5.78 Å². The third-order valence-corrected chi connectivity index (χ3v) is 11.6. The van der Waals surface area contributed by atoms with Crippen molar-refractivity contribution in [2.75, 3.05) is 19.6 Å². The number of carbonyl (C=O) groups excluding carboxylic acids is 1. The van der Waals surface area contributed by atoms with Crippen molar-refractivity contribution in [3.8, 4) is 0 Å². The van der Waals surface area contributed by atoms with Crippen molar-refractivity contribution < 1.29 is 36.2 Å². The smallest absolute Gasteiger partial charge is 0.294 e. The number of nitrogens with zero attached hydrogens (tertiary/aromatic N) is 2. The number of likely N-dealkylation sites (tertiary alicyclic amines) is 1. The number of hydrogen-bond acceptors (Lipinski definition) is 6. The van der Waals surface area contributed by atoms with E-state index in [9.17, 15) is 21.6 Å². The number of aryl methyl sites for hydroxylation is 2. The molecule has 1 saturated carbocycles. The predicted octanol–water partition coefficient (Wildman–Crippen LogP) is 6.26. The summed E-state index contributed by atoms with van der Waals surface area (Å²) in [6, 6.07) is 20.4. The molecule has 1 aliphatic heterocycles. The average molecular weight is 701 g/mol. The Hall–Kier alpha value is -3.39. The van der Waals surface area contributed by atoms with E-state index in [1.807, 2.05) is 19.9 Å². The van der Waals surface area contributed by atoms with Gasteiger partial charge in [0, 0.05) is 41.7 Å². The Kier molecular flexibility index (Phi) is 12.2. The van der Waals surface area contributed by atoms with E-state index < -0.39 is 20.2 Å². The van der Waals surface area contributed by atoms with Gasteiger partial charge >= 0.3 is 0 Å². The summed E-state index contributed by atoms with van der Waals surface area (Å²) in [6.45, 7) is 17.1. The van der Waals surface area contributed by atoms with Crippen LogP contribution in [0.15, 0.2) is 88.8 Å². The number of hydrogen-bond donors (Lipinski definition) is 2. The van der Waals surface area contributed by atoms with Crippen LogP contribution in [0.1, 0.15) is 62.0 Å². The summed E-state index contributed by atoms with van der Waals surface area (Å²) in [5, 5.41) is 1.12. The lowest BCUT2D eigenvalue weighted by molar-refractivity contribution is 0.0946. The second-order valence-corrected chi connectivity index (χ2v) is 16.5. The summed E-state index contributed by atoms with van der Waals surface area (Å²) in [4.78, 5) is 15.7. The average Bonchev–Trinajstić information content (AvgIpc) is 3.45. The quantitative estimate of drug-likeness (QED) is 0.168. The van der Waals surface area contributed by atoms with Gasteiger partial charge in [0.25, 0.3) is 20.2 Å². The maximum Gasteiger partial charge on any atom is 0.294 e. The number of carbonyl (C=O) groups is 1. The Morgan fingerprint density at radius 1 is 0.729 bits per heavy atom. The molecule has 1 aromatic heterocycles. The van der Waals surface area contributed by atoms with Crippen LogP contribution in [-0.4, -0.2) is 66.3 Å². The van der Waals surface area contributed by atoms with Crippen molar-refractivity contribution in [1.29, 1.82) is 0 Å². The summed E-state index contributed by atoms with van der Waals surface area (Å²) >= 11 is 0. The highest BCUT2D eigenvalue weighted by molar-refractivity contribution is 7.86. The second kappa shape index (κ2) is 15.0. The van der Waals surface area contributed by atoms with Crippen LogP contribution in [0.25, 0.3) is 10.9 Å². The van der Waals surface area contributed by atoms with Crippen LogP contribution in [-0.2, 0) is 26.8 Å². The molecule has 0 spiro atoms. The molecule has 6 rings (SSSR count). The van der Waals surface area contributed by atoms with Crippen molar-refractivity contribution in [2.45, 2.75) is 70.7 Å². The maximum absolute atomic E-state index is 13.3. The van der Waals surface area contributed by atoms with Crippen LogP contribution >= 0.6 is 0 Å². The van der Waals surface area contributed by atoms with Crippen molar-refractivity contribution in [2.24, 2.45) is 16.7 Å². The van der Waals surface area contributed by atoms with E-state index in [2.05, 4.69) is 61.6 Å². The fraction of sp³-hybridized carbons (Fsp3) is 0.417. The van der Waals surface area contributed by atoms with E-state index in [0.29, 0.717) is 5.78 Å². The van der Waals surface area contributed by atoms with Gasteiger partial charge < -0.3 is 14.9 Å². The zero-order valence-electron chi connectivity index (χ0n) is 28.5. The first-order valence-corrected chi connectivity index (χ1v) is 18.6. The van der Waals surface area contributed by atoms with Gasteiger partial charge in [0.05, 0.1) is 9.79 Å². The summed E-state index contributed by atoms with van der Waals surface area (Å²) in [5.74, 6) is 0.448. The van der Waals surface area contributed by atoms with Crippen molar-refractivity contribution in [3.05, 3.63) is 95.7 Å². The van der Waals surface area contributed by atoms with Gasteiger partial charge in [0.1, 0.15) is 0 Å². The van der Waals surface area contributed by atoms with Gasteiger partial charge in [-0.3, -0.25) is 13.9 Å². The molecule has 2 aliphatic rings. The van der Waals surface area contributed by atoms with Gasteiger partial charge in [0.2, 0.25) is 0 Å². The molecule has 12 heteroatoms. The van der Waals surface area contributed by atoms with Crippen LogP contribution in [0.5, 0.6) is 0 Å². The Bertz CT molecular complexity index is 1840. The summed E-state index contributed by atoms with van der Waals surface area (Å²) in [5.41, 5.74) is 4.20. The van der Waals surface area contributed by atoms with Crippen LogP contribution < -0.4 is 0 Å². The van der Waals surface area contributed by atoms with Gasteiger partial charge in [-0.15, -0.1) is 0 Å². The molecule has 0 atom stereocenters. The van der Waals surface area contributed by atoms with Crippen LogP contribution in [0.2, 0.25) is 0 Å². The molecule has 4 N–H and O–H groups in total. The van der Waals surface area contributed by atoms with E-state index in [-0.39, 0.29) is 32.0 Å². The first-order valence-electron chi connectivity index (χ1n) is 15.8. The highest BCUT2D eigenvalue weighted by Crippen LogP contribution is 2.69. The molecule has 4 aromatic rings. The second-order valence-electron chi connectivity index (χ2n) is 13.6. The standard InChI is InChI=1S/C22H30N2O.2C7H8O3S.H2O/c1-21(2)20(22(21,3)4)19(25)17-15-24(14-13-23-11-7-8-12-23)18-10-6-5-9-16(17)18;2*1-6-2-4-7(5-3-6)11(8,9)10;/h5-6,9-10,15,20H,7-8,11-14H2,1-4H3;2*2-5H,1H3,(H,8,9,10);1H2. The number of ketones is 1. The molecule has 262 valence electrons. The highest BCUT2D eigenvalue weighted by Gasteiger charge is 2.68. The van der Waals surface area contributed by atoms with E-state index in [0.717, 1.165) is 35.2 Å². The Labute approximate surface area is 284 Å². The molecular formula is C36H48N2O8S2. The van der Waals surface area contributed by atoms with Gasteiger partial charge in [-0.25, -0.2) is 0 Å². The molecule has 1 aliphatic carbocycles. The topological polar surface area (TPSA) is 165 Å². The number of Topliss-reactive ketones (excluding diaryl/α,β-unsaturated/α-hetero) is 1. The summed E-state index contributed by atoms with van der Waals surface area (Å²) in [6.07, 6.45) is 4.76. The first kappa shape index (κ1) is 39.1. The molecular weight excluding hydrogens is 653 g/mol. The normalized spacial score (nSPS) is 17.0. The van der Waals surface area contributed by atoms with Crippen molar-refractivity contribution in [3.63, 3.8) is 0 Å². The zero-order valence-corrected chi connectivity index (χ0v) is 30.1. The minimum atomic E-state index is -4.02. The molecule has 0 bridgehead atoms. The molecule has 0 radical (unpaired) electrons. The molecule has 48 heavy (non-hydrogen) atoms. The molecule has 0 unspecified atom stereocenters. The van der Waals surface area contributed by atoms with Crippen LogP contribution in [0, 0.1) is 30.6 Å². The number of fused-ring (bicyclic) bond motifs is 1. The molecule has 2 heterocycles. The fourth-order valence-electron chi connectivity index (χ4n) is 6.31.